The van der Waals surface area contributed by atoms with E-state index in [9.17, 15) is 9.90 Å². The molecule has 1 atom stereocenters. The van der Waals surface area contributed by atoms with Crippen molar-refractivity contribution >= 4 is 5.97 Å². The molecule has 0 bridgehead atoms. The number of benzene rings is 2. The molecule has 172 valence electrons. The number of rotatable bonds is 7. The van der Waals surface area contributed by atoms with Crippen LogP contribution in [0.3, 0.4) is 0 Å². The third-order valence-electron chi connectivity index (χ3n) is 5.05. The van der Waals surface area contributed by atoms with Gasteiger partial charge in [0.25, 0.3) is 0 Å². The fourth-order valence-corrected chi connectivity index (χ4v) is 3.29. The predicted octanol–water partition coefficient (Wildman–Crippen LogP) is 3.04. The van der Waals surface area contributed by atoms with Gasteiger partial charge in [-0.1, -0.05) is 29.1 Å². The maximum atomic E-state index is 11.1. The Morgan fingerprint density at radius 3 is 2.47 bits per heavy atom. The Labute approximate surface area is 197 Å². The zero-order valence-corrected chi connectivity index (χ0v) is 18.6. The summed E-state index contributed by atoms with van der Waals surface area (Å²) in [4.78, 5) is 15.3. The fourth-order valence-electron chi connectivity index (χ4n) is 3.29. The molecule has 0 spiro atoms. The number of hydrogen-bond donors (Lipinski definition) is 2. The number of nitrogens with zero attached hydrogens (tertiary/aromatic N) is 3. The molecule has 0 radical (unpaired) electrons. The van der Waals surface area contributed by atoms with E-state index in [-0.39, 0.29) is 13.2 Å². The van der Waals surface area contributed by atoms with Crippen molar-refractivity contribution in [3.8, 4) is 23.2 Å². The Kier molecular flexibility index (Phi) is 7.18. The Hall–Kier alpha value is -4.19. The lowest BCUT2D eigenvalue weighted by Gasteiger charge is -2.07. The summed E-state index contributed by atoms with van der Waals surface area (Å²) in [6.07, 6.45) is 2.79. The largest absolute Gasteiger partial charge is 0.460 e. The molecule has 3 N–H and O–H groups in total. The van der Waals surface area contributed by atoms with Crippen molar-refractivity contribution in [2.75, 3.05) is 6.54 Å². The summed E-state index contributed by atoms with van der Waals surface area (Å²) in [6.45, 7) is 2.20. The summed E-state index contributed by atoms with van der Waals surface area (Å²) in [5, 5.41) is 13.9. The summed E-state index contributed by atoms with van der Waals surface area (Å²) in [7, 11) is 0. The van der Waals surface area contributed by atoms with Gasteiger partial charge in [0, 0.05) is 35.2 Å². The van der Waals surface area contributed by atoms with E-state index < -0.39 is 12.1 Å². The maximum Gasteiger partial charge on any atom is 0.320 e. The van der Waals surface area contributed by atoms with Gasteiger partial charge in [0.1, 0.15) is 24.2 Å². The predicted molar refractivity (Wildman–Crippen MR) is 125 cm³/mol. The highest BCUT2D eigenvalue weighted by molar-refractivity contribution is 5.71. The van der Waals surface area contributed by atoms with Crippen molar-refractivity contribution in [2.24, 2.45) is 5.73 Å². The second kappa shape index (κ2) is 10.6. The van der Waals surface area contributed by atoms with Crippen LogP contribution in [0.2, 0.25) is 0 Å². The molecule has 0 aliphatic heterocycles. The second-order valence-corrected chi connectivity index (χ2v) is 7.66. The molecule has 4 aromatic rings. The van der Waals surface area contributed by atoms with Crippen LogP contribution in [0.5, 0.6) is 0 Å². The lowest BCUT2D eigenvalue weighted by molar-refractivity contribution is -0.143. The maximum absolute atomic E-state index is 11.1. The SMILES string of the molecule is C[C@H](O)c1nccn1Cc1cc(-c2ccc(C#Cc3ccc(COC(=O)CN)cc3)cc2)on1. The van der Waals surface area contributed by atoms with Crippen LogP contribution in [-0.2, 0) is 22.7 Å². The molecule has 0 unspecified atom stereocenters. The average Bonchev–Trinajstić information content (AvgIpc) is 3.52. The quantitative estimate of drug-likeness (QED) is 0.324. The Balaban J connectivity index is 1.38. The van der Waals surface area contributed by atoms with Crippen LogP contribution in [-0.4, -0.2) is 32.3 Å². The van der Waals surface area contributed by atoms with Crippen molar-refractivity contribution in [1.82, 2.24) is 14.7 Å². The van der Waals surface area contributed by atoms with E-state index in [0.29, 0.717) is 18.1 Å². The molecule has 8 heteroatoms. The summed E-state index contributed by atoms with van der Waals surface area (Å²) in [5.41, 5.74) is 9.45. The topological polar surface area (TPSA) is 116 Å². The molecule has 0 saturated carbocycles. The highest BCUT2D eigenvalue weighted by Crippen LogP contribution is 2.22. The van der Waals surface area contributed by atoms with E-state index in [1.54, 1.807) is 19.3 Å². The van der Waals surface area contributed by atoms with Crippen LogP contribution < -0.4 is 5.73 Å². The van der Waals surface area contributed by atoms with E-state index in [0.717, 1.165) is 27.9 Å². The van der Waals surface area contributed by atoms with Gasteiger partial charge in [-0.2, -0.15) is 0 Å². The first-order valence-corrected chi connectivity index (χ1v) is 10.7. The van der Waals surface area contributed by atoms with Crippen molar-refractivity contribution in [3.05, 3.63) is 95.2 Å². The molecule has 0 aliphatic carbocycles. The lowest BCUT2D eigenvalue weighted by Crippen LogP contribution is -2.16. The van der Waals surface area contributed by atoms with Crippen LogP contribution in [0.15, 0.2) is 71.5 Å². The number of aliphatic hydroxyl groups excluding tert-OH is 1. The third kappa shape index (κ3) is 5.78. The second-order valence-electron chi connectivity index (χ2n) is 7.66. The van der Waals surface area contributed by atoms with Gasteiger partial charge >= 0.3 is 5.97 Å². The van der Waals surface area contributed by atoms with Crippen molar-refractivity contribution in [2.45, 2.75) is 26.2 Å². The number of ether oxygens (including phenoxy) is 1. The number of hydrogen-bond acceptors (Lipinski definition) is 7. The van der Waals surface area contributed by atoms with E-state index in [4.69, 9.17) is 15.0 Å². The minimum atomic E-state index is -0.658. The van der Waals surface area contributed by atoms with E-state index in [1.165, 1.54) is 0 Å². The minimum Gasteiger partial charge on any atom is -0.460 e. The molecular formula is C26H24N4O4. The molecule has 0 saturated heterocycles. The summed E-state index contributed by atoms with van der Waals surface area (Å²) < 4.78 is 12.3. The number of aliphatic hydroxyl groups is 1. The van der Waals surface area contributed by atoms with Gasteiger partial charge in [0.05, 0.1) is 13.1 Å². The number of carbonyl (C=O) groups is 1. The van der Waals surface area contributed by atoms with Crippen LogP contribution >= 0.6 is 0 Å². The van der Waals surface area contributed by atoms with Crippen molar-refractivity contribution in [1.29, 1.82) is 0 Å². The first-order chi connectivity index (χ1) is 16.5. The number of esters is 1. The number of aromatic nitrogens is 3. The number of carbonyl (C=O) groups excluding carboxylic acids is 1. The van der Waals surface area contributed by atoms with E-state index in [2.05, 4.69) is 22.0 Å². The molecule has 0 fully saturated rings. The molecule has 2 aromatic carbocycles. The van der Waals surface area contributed by atoms with E-state index in [1.807, 2.05) is 59.2 Å². The van der Waals surface area contributed by atoms with Crippen LogP contribution in [0.4, 0.5) is 0 Å². The summed E-state index contributed by atoms with van der Waals surface area (Å²) in [6, 6.07) is 17.1. The average molecular weight is 457 g/mol. The molecule has 4 rings (SSSR count). The van der Waals surface area contributed by atoms with Crippen molar-refractivity contribution in [3.63, 3.8) is 0 Å². The summed E-state index contributed by atoms with van der Waals surface area (Å²) >= 11 is 0. The molecule has 2 heterocycles. The van der Waals surface area contributed by atoms with Gasteiger partial charge in [-0.05, 0) is 48.9 Å². The number of imidazole rings is 1. The zero-order chi connectivity index (χ0) is 23.9. The highest BCUT2D eigenvalue weighted by Gasteiger charge is 2.12. The van der Waals surface area contributed by atoms with Gasteiger partial charge in [0.15, 0.2) is 5.76 Å². The number of nitrogens with two attached hydrogens (primary N) is 1. The van der Waals surface area contributed by atoms with Crippen LogP contribution in [0, 0.1) is 11.8 Å². The Morgan fingerprint density at radius 1 is 1.15 bits per heavy atom. The molecule has 0 aliphatic rings. The van der Waals surface area contributed by atoms with Gasteiger partial charge < -0.3 is 24.7 Å². The third-order valence-corrected chi connectivity index (χ3v) is 5.05. The molecule has 2 aromatic heterocycles. The molecule has 0 amide bonds. The monoisotopic (exact) mass is 456 g/mol. The highest BCUT2D eigenvalue weighted by atomic mass is 16.5. The van der Waals surface area contributed by atoms with E-state index >= 15 is 0 Å². The first kappa shape index (κ1) is 23.0. The lowest BCUT2D eigenvalue weighted by atomic mass is 10.1. The zero-order valence-electron chi connectivity index (χ0n) is 18.6. The standard InChI is InChI=1S/C26H24N4O4/c1-18(31)26-28-12-13-30(26)16-23-14-24(34-29-23)22-10-8-20(9-11-22)3-2-19-4-6-21(7-5-19)17-33-25(32)15-27/h4-14,18,31H,15-17,27H2,1H3/t18-/m0/s1. The molecule has 34 heavy (non-hydrogen) atoms. The first-order valence-electron chi connectivity index (χ1n) is 10.7. The Morgan fingerprint density at radius 2 is 1.82 bits per heavy atom. The fraction of sp³-hybridized carbons (Fsp3) is 0.192. The van der Waals surface area contributed by atoms with Crippen molar-refractivity contribution < 1.29 is 19.2 Å². The van der Waals surface area contributed by atoms with Gasteiger partial charge in [0.2, 0.25) is 0 Å². The summed E-state index contributed by atoms with van der Waals surface area (Å²) in [5.74, 6) is 7.06. The van der Waals surface area contributed by atoms with Gasteiger partial charge in [-0.15, -0.1) is 0 Å². The van der Waals surface area contributed by atoms with Gasteiger partial charge in [-0.3, -0.25) is 4.79 Å². The van der Waals surface area contributed by atoms with Gasteiger partial charge in [-0.25, -0.2) is 4.98 Å². The normalized spacial score (nSPS) is 11.5. The molecular weight excluding hydrogens is 432 g/mol. The molecule has 8 nitrogen and oxygen atoms in total. The van der Waals surface area contributed by atoms with Crippen LogP contribution in [0.25, 0.3) is 11.3 Å². The Bertz CT molecular complexity index is 1310. The van der Waals surface area contributed by atoms with Crippen LogP contribution in [0.1, 0.15) is 41.2 Å². The smallest absolute Gasteiger partial charge is 0.320 e. The minimum absolute atomic E-state index is 0.129.